The second kappa shape index (κ2) is 6.43. The first-order chi connectivity index (χ1) is 12.2. The number of nitrogens with zero attached hydrogens (tertiary/aromatic N) is 2. The fourth-order valence-corrected chi connectivity index (χ4v) is 3.36. The highest BCUT2D eigenvalue weighted by Crippen LogP contribution is 2.36. The van der Waals surface area contributed by atoms with Gasteiger partial charge in [0.25, 0.3) is 5.91 Å². The lowest BCUT2D eigenvalue weighted by atomic mass is 10.1. The molecule has 25 heavy (non-hydrogen) atoms. The standard InChI is InChI=1S/C20H19N3O2/c24-19-8-4-7-16-17(19)9-10-18(16)22-20(25)15-11-21-23(13-15)12-14-5-2-1-3-6-14/h1-8,11,13,18,24H,9-10,12H2,(H,22,25). The minimum Gasteiger partial charge on any atom is -0.508 e. The number of nitrogens with one attached hydrogen (secondary N) is 1. The van der Waals surface area contributed by atoms with E-state index in [2.05, 4.69) is 10.4 Å². The van der Waals surface area contributed by atoms with Crippen molar-refractivity contribution < 1.29 is 9.90 Å². The average molecular weight is 333 g/mol. The van der Waals surface area contributed by atoms with E-state index >= 15 is 0 Å². The van der Waals surface area contributed by atoms with Gasteiger partial charge in [0, 0.05) is 6.20 Å². The highest BCUT2D eigenvalue weighted by atomic mass is 16.3. The van der Waals surface area contributed by atoms with Gasteiger partial charge in [0.2, 0.25) is 0 Å². The van der Waals surface area contributed by atoms with E-state index in [4.69, 9.17) is 0 Å². The third kappa shape index (κ3) is 3.13. The molecule has 0 radical (unpaired) electrons. The van der Waals surface area contributed by atoms with Gasteiger partial charge in [-0.1, -0.05) is 42.5 Å². The molecule has 5 heteroatoms. The van der Waals surface area contributed by atoms with Crippen LogP contribution in [0.1, 0.15) is 39.5 Å². The van der Waals surface area contributed by atoms with Gasteiger partial charge in [-0.3, -0.25) is 9.48 Å². The van der Waals surface area contributed by atoms with Crippen molar-refractivity contribution in [3.63, 3.8) is 0 Å². The van der Waals surface area contributed by atoms with Gasteiger partial charge in [-0.25, -0.2) is 0 Å². The minimum absolute atomic E-state index is 0.0629. The molecule has 1 unspecified atom stereocenters. The molecule has 2 N–H and O–H groups in total. The highest BCUT2D eigenvalue weighted by molar-refractivity contribution is 5.94. The maximum Gasteiger partial charge on any atom is 0.254 e. The van der Waals surface area contributed by atoms with Crippen molar-refractivity contribution in [3.05, 3.63) is 83.2 Å². The Labute approximate surface area is 145 Å². The van der Waals surface area contributed by atoms with E-state index in [1.54, 1.807) is 23.1 Å². The minimum atomic E-state index is -0.138. The molecule has 4 rings (SSSR count). The Bertz CT molecular complexity index is 902. The number of phenolic OH excluding ortho intramolecular Hbond substituents is 1. The number of carbonyl (C=O) groups is 1. The lowest BCUT2D eigenvalue weighted by Gasteiger charge is -2.13. The second-order valence-corrected chi connectivity index (χ2v) is 6.32. The predicted octanol–water partition coefficient (Wildman–Crippen LogP) is 3.05. The van der Waals surface area contributed by atoms with Crippen LogP contribution in [0.2, 0.25) is 0 Å². The lowest BCUT2D eigenvalue weighted by molar-refractivity contribution is 0.0936. The molecule has 3 aromatic rings. The van der Waals surface area contributed by atoms with Gasteiger partial charge in [0.15, 0.2) is 0 Å². The third-order valence-electron chi connectivity index (χ3n) is 4.63. The van der Waals surface area contributed by atoms with Gasteiger partial charge in [0.05, 0.1) is 24.3 Å². The number of hydrogen-bond donors (Lipinski definition) is 2. The molecule has 1 amide bonds. The summed E-state index contributed by atoms with van der Waals surface area (Å²) in [5.41, 5.74) is 3.62. The molecule has 0 fully saturated rings. The van der Waals surface area contributed by atoms with E-state index in [-0.39, 0.29) is 11.9 Å². The van der Waals surface area contributed by atoms with Crippen LogP contribution >= 0.6 is 0 Å². The number of carbonyl (C=O) groups excluding carboxylic acids is 1. The summed E-state index contributed by atoms with van der Waals surface area (Å²) in [6.45, 7) is 0.633. The smallest absolute Gasteiger partial charge is 0.254 e. The topological polar surface area (TPSA) is 67.2 Å². The molecule has 2 aromatic carbocycles. The molecule has 1 aliphatic rings. The Kier molecular flexibility index (Phi) is 3.98. The first-order valence-electron chi connectivity index (χ1n) is 8.39. The summed E-state index contributed by atoms with van der Waals surface area (Å²) in [5, 5.41) is 17.3. The van der Waals surface area contributed by atoms with Crippen LogP contribution < -0.4 is 5.32 Å². The molecule has 126 valence electrons. The van der Waals surface area contributed by atoms with Gasteiger partial charge in [0.1, 0.15) is 5.75 Å². The van der Waals surface area contributed by atoms with Crippen LogP contribution in [0.5, 0.6) is 5.75 Å². The van der Waals surface area contributed by atoms with Crippen molar-refractivity contribution >= 4 is 5.91 Å². The normalized spacial score (nSPS) is 15.8. The number of aromatic hydroxyl groups is 1. The summed E-state index contributed by atoms with van der Waals surface area (Å²) in [5.74, 6) is 0.172. The first-order valence-corrected chi connectivity index (χ1v) is 8.39. The molecular weight excluding hydrogens is 314 g/mol. The van der Waals surface area contributed by atoms with E-state index in [9.17, 15) is 9.90 Å². The molecule has 0 spiro atoms. The summed E-state index contributed by atoms with van der Waals surface area (Å²) in [6, 6.07) is 15.4. The van der Waals surface area contributed by atoms with E-state index in [1.165, 1.54) is 0 Å². The fourth-order valence-electron chi connectivity index (χ4n) is 3.36. The van der Waals surface area contributed by atoms with Crippen molar-refractivity contribution in [1.29, 1.82) is 0 Å². The van der Waals surface area contributed by atoms with Gasteiger partial charge >= 0.3 is 0 Å². The zero-order chi connectivity index (χ0) is 17.2. The Balaban J connectivity index is 1.46. The highest BCUT2D eigenvalue weighted by Gasteiger charge is 2.26. The summed E-state index contributed by atoms with van der Waals surface area (Å²) in [7, 11) is 0. The van der Waals surface area contributed by atoms with Crippen LogP contribution in [0.25, 0.3) is 0 Å². The van der Waals surface area contributed by atoms with Crippen LogP contribution in [0.3, 0.4) is 0 Å². The number of rotatable bonds is 4. The Morgan fingerprint density at radius 3 is 2.88 bits per heavy atom. The zero-order valence-corrected chi connectivity index (χ0v) is 13.7. The third-order valence-corrected chi connectivity index (χ3v) is 4.63. The molecule has 1 heterocycles. The Morgan fingerprint density at radius 2 is 2.04 bits per heavy atom. The predicted molar refractivity (Wildman–Crippen MR) is 94.4 cm³/mol. The summed E-state index contributed by atoms with van der Waals surface area (Å²) >= 11 is 0. The van der Waals surface area contributed by atoms with Crippen LogP contribution in [0.4, 0.5) is 0 Å². The zero-order valence-electron chi connectivity index (χ0n) is 13.7. The van der Waals surface area contributed by atoms with Crippen molar-refractivity contribution in [2.75, 3.05) is 0 Å². The number of fused-ring (bicyclic) bond motifs is 1. The number of aromatic nitrogens is 2. The molecular formula is C20H19N3O2. The number of benzene rings is 2. The molecule has 0 saturated carbocycles. The molecule has 0 aliphatic heterocycles. The Morgan fingerprint density at radius 1 is 1.20 bits per heavy atom. The lowest BCUT2D eigenvalue weighted by Crippen LogP contribution is -2.26. The molecule has 1 aliphatic carbocycles. The maximum absolute atomic E-state index is 12.5. The van der Waals surface area contributed by atoms with Crippen LogP contribution in [-0.4, -0.2) is 20.8 Å². The molecule has 0 saturated heterocycles. The van der Waals surface area contributed by atoms with E-state index in [1.807, 2.05) is 42.5 Å². The number of hydrogen-bond acceptors (Lipinski definition) is 3. The van der Waals surface area contributed by atoms with Gasteiger partial charge in [-0.15, -0.1) is 0 Å². The maximum atomic E-state index is 12.5. The quantitative estimate of drug-likeness (QED) is 0.771. The van der Waals surface area contributed by atoms with Crippen LogP contribution in [0.15, 0.2) is 60.9 Å². The fraction of sp³-hybridized carbons (Fsp3) is 0.200. The van der Waals surface area contributed by atoms with E-state index in [0.29, 0.717) is 17.9 Å². The van der Waals surface area contributed by atoms with Gasteiger partial charge in [-0.2, -0.15) is 5.10 Å². The van der Waals surface area contributed by atoms with Gasteiger partial charge in [-0.05, 0) is 35.6 Å². The van der Waals surface area contributed by atoms with Gasteiger partial charge < -0.3 is 10.4 Å². The monoisotopic (exact) mass is 333 g/mol. The van der Waals surface area contributed by atoms with Crippen molar-refractivity contribution in [3.8, 4) is 5.75 Å². The Hall–Kier alpha value is -3.08. The second-order valence-electron chi connectivity index (χ2n) is 6.32. The first kappa shape index (κ1) is 15.4. The number of amides is 1. The van der Waals surface area contributed by atoms with Crippen LogP contribution in [0, 0.1) is 0 Å². The summed E-state index contributed by atoms with van der Waals surface area (Å²) in [4.78, 5) is 12.5. The molecule has 0 bridgehead atoms. The average Bonchev–Trinajstić information content (AvgIpc) is 3.24. The van der Waals surface area contributed by atoms with Crippen molar-refractivity contribution in [2.24, 2.45) is 0 Å². The molecule has 5 nitrogen and oxygen atoms in total. The summed E-state index contributed by atoms with van der Waals surface area (Å²) in [6.07, 6.45) is 4.94. The largest absolute Gasteiger partial charge is 0.508 e. The molecule has 1 atom stereocenters. The molecule has 1 aromatic heterocycles. The summed E-state index contributed by atoms with van der Waals surface area (Å²) < 4.78 is 1.76. The van der Waals surface area contributed by atoms with Crippen LogP contribution in [-0.2, 0) is 13.0 Å². The van der Waals surface area contributed by atoms with Crippen molar-refractivity contribution in [1.82, 2.24) is 15.1 Å². The van der Waals surface area contributed by atoms with E-state index in [0.717, 1.165) is 29.5 Å². The SMILES string of the molecule is O=C(NC1CCc2c(O)cccc21)c1cnn(Cc2ccccc2)c1. The number of phenols is 1. The van der Waals surface area contributed by atoms with Crippen molar-refractivity contribution in [2.45, 2.75) is 25.4 Å². The van der Waals surface area contributed by atoms with E-state index < -0.39 is 0 Å².